The third kappa shape index (κ3) is 10.1. The van der Waals surface area contributed by atoms with Crippen LogP contribution in [0.4, 0.5) is 0 Å². The van der Waals surface area contributed by atoms with E-state index in [-0.39, 0.29) is 18.8 Å². The topological polar surface area (TPSA) is 108 Å². The van der Waals surface area contributed by atoms with E-state index in [9.17, 15) is 9.59 Å². The standard InChI is InChI=1S/C22H23BN2O5.C8H12/c1-30-19-8-4-7-17(12-19)20(13-21(26)24-14-23(28)29)25-22(27)18-10-9-15-5-2-3-6-16(15)11-18;1-5-8(4)6-7(2)3/h2-12,20,28-29H,13-14H2,1H3,(H,24,26)(H,25,27);5-6H,1-2H2,3-4H3/b;8-6-. The number of nitrogens with one attached hydrogen (secondary N) is 2. The van der Waals surface area contributed by atoms with Crippen LogP contribution in [0.25, 0.3) is 10.8 Å². The Morgan fingerprint density at radius 2 is 1.74 bits per heavy atom. The van der Waals surface area contributed by atoms with Gasteiger partial charge in [0.1, 0.15) is 5.75 Å². The number of fused-ring (bicyclic) bond motifs is 1. The number of benzene rings is 3. The van der Waals surface area contributed by atoms with E-state index in [2.05, 4.69) is 23.8 Å². The summed E-state index contributed by atoms with van der Waals surface area (Å²) in [5.41, 5.74) is 3.41. The molecular weight excluding hydrogens is 479 g/mol. The third-order valence-corrected chi connectivity index (χ3v) is 5.48. The normalized spacial score (nSPS) is 11.4. The van der Waals surface area contributed by atoms with Gasteiger partial charge in [-0.2, -0.15) is 0 Å². The highest BCUT2D eigenvalue weighted by Gasteiger charge is 2.21. The first-order valence-electron chi connectivity index (χ1n) is 12.2. The minimum Gasteiger partial charge on any atom is -0.497 e. The van der Waals surface area contributed by atoms with Crippen LogP contribution in [0.1, 0.15) is 42.2 Å². The van der Waals surface area contributed by atoms with Gasteiger partial charge < -0.3 is 25.4 Å². The highest BCUT2D eigenvalue weighted by atomic mass is 16.5. The summed E-state index contributed by atoms with van der Waals surface area (Å²) in [6.07, 6.45) is 3.45. The van der Waals surface area contributed by atoms with Gasteiger partial charge in [-0.25, -0.2) is 0 Å². The van der Waals surface area contributed by atoms with Crippen LogP contribution in [0.5, 0.6) is 5.75 Å². The van der Waals surface area contributed by atoms with Crippen LogP contribution in [-0.2, 0) is 4.79 Å². The number of carbonyl (C=O) groups excluding carboxylic acids is 2. The number of rotatable bonds is 10. The van der Waals surface area contributed by atoms with Gasteiger partial charge in [-0.1, -0.05) is 78.9 Å². The molecule has 0 saturated carbocycles. The second kappa shape index (κ2) is 15.2. The van der Waals surface area contributed by atoms with Crippen molar-refractivity contribution in [1.82, 2.24) is 10.6 Å². The quantitative estimate of drug-likeness (QED) is 0.235. The van der Waals surface area contributed by atoms with Gasteiger partial charge in [0.05, 0.1) is 26.0 Å². The maximum Gasteiger partial charge on any atom is 0.472 e. The summed E-state index contributed by atoms with van der Waals surface area (Å²) in [6, 6.07) is 19.6. The first-order chi connectivity index (χ1) is 18.1. The van der Waals surface area contributed by atoms with Crippen molar-refractivity contribution in [3.8, 4) is 5.75 Å². The predicted octanol–water partition coefficient (Wildman–Crippen LogP) is 4.53. The number of carbonyl (C=O) groups is 2. The van der Waals surface area contributed by atoms with Crippen LogP contribution in [0.15, 0.2) is 103 Å². The molecule has 0 radical (unpaired) electrons. The molecular formula is C30H35BN2O5. The largest absolute Gasteiger partial charge is 0.497 e. The Bertz CT molecular complexity index is 1300. The molecule has 0 aromatic heterocycles. The van der Waals surface area contributed by atoms with E-state index in [1.54, 1.807) is 36.4 Å². The van der Waals surface area contributed by atoms with Crippen molar-refractivity contribution in [2.24, 2.45) is 0 Å². The summed E-state index contributed by atoms with van der Waals surface area (Å²) in [5, 5.41) is 25.2. The van der Waals surface area contributed by atoms with E-state index >= 15 is 0 Å². The second-order valence-electron chi connectivity index (χ2n) is 8.79. The van der Waals surface area contributed by atoms with Crippen LogP contribution in [0.3, 0.4) is 0 Å². The molecule has 198 valence electrons. The van der Waals surface area contributed by atoms with Gasteiger partial charge in [0, 0.05) is 5.56 Å². The second-order valence-corrected chi connectivity index (χ2v) is 8.79. The Labute approximate surface area is 224 Å². The lowest BCUT2D eigenvalue weighted by molar-refractivity contribution is -0.121. The van der Waals surface area contributed by atoms with Crippen molar-refractivity contribution in [1.29, 1.82) is 0 Å². The molecule has 0 aliphatic rings. The van der Waals surface area contributed by atoms with Gasteiger partial charge in [-0.3, -0.25) is 9.59 Å². The van der Waals surface area contributed by atoms with Crippen molar-refractivity contribution in [3.63, 3.8) is 0 Å². The predicted molar refractivity (Wildman–Crippen MR) is 154 cm³/mol. The fraction of sp³-hybridized carbons (Fsp3) is 0.200. The smallest absolute Gasteiger partial charge is 0.472 e. The average molecular weight is 514 g/mol. The lowest BCUT2D eigenvalue weighted by Gasteiger charge is -2.20. The van der Waals surface area contributed by atoms with Crippen LogP contribution in [0.2, 0.25) is 0 Å². The lowest BCUT2D eigenvalue weighted by Crippen LogP contribution is -2.38. The maximum absolute atomic E-state index is 12.9. The highest BCUT2D eigenvalue weighted by Crippen LogP contribution is 2.23. The molecule has 0 heterocycles. The Hall–Kier alpha value is -4.14. The third-order valence-electron chi connectivity index (χ3n) is 5.48. The summed E-state index contributed by atoms with van der Waals surface area (Å²) in [4.78, 5) is 25.2. The number of methoxy groups -OCH3 is 1. The van der Waals surface area contributed by atoms with Crippen LogP contribution >= 0.6 is 0 Å². The van der Waals surface area contributed by atoms with Gasteiger partial charge in [0.2, 0.25) is 5.91 Å². The minimum atomic E-state index is -1.64. The Morgan fingerprint density at radius 3 is 2.34 bits per heavy atom. The van der Waals surface area contributed by atoms with E-state index in [0.29, 0.717) is 16.9 Å². The number of hydrogen-bond donors (Lipinski definition) is 4. The molecule has 0 aliphatic heterocycles. The van der Waals surface area contributed by atoms with E-state index in [1.807, 2.05) is 56.3 Å². The molecule has 4 N–H and O–H groups in total. The molecule has 0 aliphatic carbocycles. The molecule has 38 heavy (non-hydrogen) atoms. The monoisotopic (exact) mass is 514 g/mol. The van der Waals surface area contributed by atoms with Gasteiger partial charge in [-0.05, 0) is 54.4 Å². The molecule has 3 aromatic rings. The van der Waals surface area contributed by atoms with Gasteiger partial charge in [0.25, 0.3) is 5.91 Å². The molecule has 3 rings (SSSR count). The Balaban J connectivity index is 0.000000550. The molecule has 1 unspecified atom stereocenters. The fourth-order valence-corrected chi connectivity index (χ4v) is 3.59. The highest BCUT2D eigenvalue weighted by molar-refractivity contribution is 6.41. The molecule has 0 saturated heterocycles. The van der Waals surface area contributed by atoms with Crippen molar-refractivity contribution in [2.45, 2.75) is 26.3 Å². The van der Waals surface area contributed by atoms with Crippen LogP contribution < -0.4 is 15.4 Å². The molecule has 0 spiro atoms. The first kappa shape index (κ1) is 30.1. The summed E-state index contributed by atoms with van der Waals surface area (Å²) >= 11 is 0. The average Bonchev–Trinajstić information content (AvgIpc) is 2.91. The van der Waals surface area contributed by atoms with Crippen LogP contribution in [0, 0.1) is 0 Å². The van der Waals surface area contributed by atoms with E-state index in [1.165, 1.54) is 7.11 Å². The van der Waals surface area contributed by atoms with E-state index < -0.39 is 19.1 Å². The Morgan fingerprint density at radius 1 is 1.03 bits per heavy atom. The van der Waals surface area contributed by atoms with Crippen molar-refractivity contribution < 1.29 is 24.4 Å². The lowest BCUT2D eigenvalue weighted by atomic mass is 9.92. The zero-order chi connectivity index (χ0) is 28.1. The fourth-order valence-electron chi connectivity index (χ4n) is 3.59. The zero-order valence-electron chi connectivity index (χ0n) is 22.1. The molecule has 0 fully saturated rings. The number of hydrogen-bond acceptors (Lipinski definition) is 5. The van der Waals surface area contributed by atoms with Gasteiger partial charge in [-0.15, -0.1) is 0 Å². The number of amides is 2. The summed E-state index contributed by atoms with van der Waals surface area (Å²) in [7, 11) is -0.103. The molecule has 7 nitrogen and oxygen atoms in total. The number of ether oxygens (including phenoxy) is 1. The van der Waals surface area contributed by atoms with Crippen molar-refractivity contribution in [2.75, 3.05) is 13.6 Å². The van der Waals surface area contributed by atoms with E-state index in [4.69, 9.17) is 14.8 Å². The molecule has 3 aromatic carbocycles. The maximum atomic E-state index is 12.9. The SMILES string of the molecule is C=C/C(C)=C\C(=C)C.COc1cccc(C(CC(=O)NCB(O)O)NC(=O)c2ccc3ccccc3c2)c1. The van der Waals surface area contributed by atoms with Crippen molar-refractivity contribution >= 4 is 29.7 Å². The number of allylic oxidation sites excluding steroid dienone is 4. The summed E-state index contributed by atoms with van der Waals surface area (Å²) in [5.74, 6) is -0.137. The van der Waals surface area contributed by atoms with Gasteiger partial charge in [0.15, 0.2) is 0 Å². The van der Waals surface area contributed by atoms with E-state index in [0.717, 1.165) is 21.9 Å². The molecule has 2 amide bonds. The summed E-state index contributed by atoms with van der Waals surface area (Å²) in [6.45, 7) is 11.3. The summed E-state index contributed by atoms with van der Waals surface area (Å²) < 4.78 is 5.25. The van der Waals surface area contributed by atoms with Crippen LogP contribution in [-0.4, -0.2) is 42.5 Å². The zero-order valence-corrected chi connectivity index (χ0v) is 22.1. The Kier molecular flexibility index (Phi) is 12.0. The molecule has 8 heteroatoms. The minimum absolute atomic E-state index is 0.0702. The molecule has 0 bridgehead atoms. The van der Waals surface area contributed by atoms with Gasteiger partial charge >= 0.3 is 7.12 Å². The van der Waals surface area contributed by atoms with Crippen molar-refractivity contribution in [3.05, 3.63) is 114 Å². The molecule has 1 atom stereocenters. The first-order valence-corrected chi connectivity index (χ1v) is 12.2.